The minimum atomic E-state index is -0.146. The van der Waals surface area contributed by atoms with Crippen LogP contribution < -0.4 is 10.1 Å². The van der Waals surface area contributed by atoms with Gasteiger partial charge in [0.05, 0.1) is 6.54 Å². The molecule has 0 aliphatic carbocycles. The summed E-state index contributed by atoms with van der Waals surface area (Å²) >= 11 is 0. The van der Waals surface area contributed by atoms with E-state index in [2.05, 4.69) is 15.4 Å². The average molecular weight is 350 g/mol. The van der Waals surface area contributed by atoms with E-state index in [1.165, 1.54) is 6.33 Å². The second-order valence-electron chi connectivity index (χ2n) is 6.25. The first-order valence-electron chi connectivity index (χ1n) is 8.47. The number of benzene rings is 2. The quantitative estimate of drug-likeness (QED) is 0.711. The molecule has 134 valence electrons. The van der Waals surface area contributed by atoms with Crippen LogP contribution in [0.4, 0.5) is 0 Å². The summed E-state index contributed by atoms with van der Waals surface area (Å²) in [7, 11) is 0. The molecule has 0 saturated carbocycles. The molecular weight excluding hydrogens is 328 g/mol. The largest absolute Gasteiger partial charge is 0.483 e. The van der Waals surface area contributed by atoms with Gasteiger partial charge in [0.2, 0.25) is 0 Å². The summed E-state index contributed by atoms with van der Waals surface area (Å²) in [6, 6.07) is 14.0. The summed E-state index contributed by atoms with van der Waals surface area (Å²) in [6.45, 7) is 5.08. The standard InChI is InChI=1S/C20H22N4O2/c1-15-6-7-16(2)19(8-15)26-12-20(25)22-10-17-4-3-5-18(9-17)11-24-14-21-13-23-24/h3-9,13-14H,10-12H2,1-2H3,(H,22,25). The van der Waals surface area contributed by atoms with Crippen LogP contribution in [0.3, 0.4) is 0 Å². The van der Waals surface area contributed by atoms with Crippen LogP contribution in [0.15, 0.2) is 55.1 Å². The Bertz CT molecular complexity index is 875. The Labute approximate surface area is 152 Å². The second kappa shape index (κ2) is 8.29. The van der Waals surface area contributed by atoms with Gasteiger partial charge in [-0.25, -0.2) is 9.67 Å². The Morgan fingerprint density at radius 1 is 1.15 bits per heavy atom. The third-order valence-electron chi connectivity index (χ3n) is 3.99. The maximum Gasteiger partial charge on any atom is 0.258 e. The molecule has 1 aromatic heterocycles. The highest BCUT2D eigenvalue weighted by molar-refractivity contribution is 5.77. The van der Waals surface area contributed by atoms with Crippen LogP contribution in [-0.2, 0) is 17.9 Å². The minimum absolute atomic E-state index is 0.00292. The lowest BCUT2D eigenvalue weighted by Gasteiger charge is -2.11. The maximum absolute atomic E-state index is 12.1. The first kappa shape index (κ1) is 17.7. The van der Waals surface area contributed by atoms with Crippen molar-refractivity contribution < 1.29 is 9.53 Å². The Balaban J connectivity index is 1.50. The molecule has 0 radical (unpaired) electrons. The number of amides is 1. The van der Waals surface area contributed by atoms with Crippen molar-refractivity contribution in [1.82, 2.24) is 20.1 Å². The number of carbonyl (C=O) groups excluding carboxylic acids is 1. The third kappa shape index (κ3) is 4.92. The van der Waals surface area contributed by atoms with Gasteiger partial charge in [-0.2, -0.15) is 5.10 Å². The van der Waals surface area contributed by atoms with Crippen LogP contribution >= 0.6 is 0 Å². The van der Waals surface area contributed by atoms with Crippen molar-refractivity contribution in [3.05, 3.63) is 77.4 Å². The smallest absolute Gasteiger partial charge is 0.258 e. The van der Waals surface area contributed by atoms with Gasteiger partial charge >= 0.3 is 0 Å². The molecule has 3 aromatic rings. The van der Waals surface area contributed by atoms with Gasteiger partial charge in [0.1, 0.15) is 18.4 Å². The lowest BCUT2D eigenvalue weighted by atomic mass is 10.1. The Morgan fingerprint density at radius 2 is 2.00 bits per heavy atom. The third-order valence-corrected chi connectivity index (χ3v) is 3.99. The molecule has 6 heteroatoms. The van der Waals surface area contributed by atoms with E-state index in [-0.39, 0.29) is 12.5 Å². The topological polar surface area (TPSA) is 69.0 Å². The molecule has 0 atom stereocenters. The van der Waals surface area contributed by atoms with E-state index >= 15 is 0 Å². The number of nitrogens with zero attached hydrogens (tertiary/aromatic N) is 3. The lowest BCUT2D eigenvalue weighted by molar-refractivity contribution is -0.123. The summed E-state index contributed by atoms with van der Waals surface area (Å²) in [5.74, 6) is 0.600. The zero-order valence-electron chi connectivity index (χ0n) is 15.0. The minimum Gasteiger partial charge on any atom is -0.483 e. The highest BCUT2D eigenvalue weighted by Gasteiger charge is 2.06. The summed E-state index contributed by atoms with van der Waals surface area (Å²) in [6.07, 6.45) is 3.19. The monoisotopic (exact) mass is 350 g/mol. The molecule has 26 heavy (non-hydrogen) atoms. The Hall–Kier alpha value is -3.15. The number of nitrogens with one attached hydrogen (secondary N) is 1. The fourth-order valence-corrected chi connectivity index (χ4v) is 2.60. The molecule has 0 bridgehead atoms. The molecule has 0 aliphatic heterocycles. The van der Waals surface area contributed by atoms with E-state index in [0.717, 1.165) is 28.0 Å². The first-order valence-corrected chi connectivity index (χ1v) is 8.47. The van der Waals surface area contributed by atoms with Gasteiger partial charge in [-0.15, -0.1) is 0 Å². The van der Waals surface area contributed by atoms with E-state index in [9.17, 15) is 4.79 Å². The van der Waals surface area contributed by atoms with Gasteiger partial charge in [0, 0.05) is 6.54 Å². The summed E-state index contributed by atoms with van der Waals surface area (Å²) in [5, 5.41) is 6.99. The molecule has 3 rings (SSSR count). The van der Waals surface area contributed by atoms with Crippen molar-refractivity contribution in [3.63, 3.8) is 0 Å². The van der Waals surface area contributed by atoms with Crippen molar-refractivity contribution in [1.29, 1.82) is 0 Å². The van der Waals surface area contributed by atoms with Gasteiger partial charge in [0.15, 0.2) is 6.61 Å². The normalized spacial score (nSPS) is 10.5. The molecule has 1 heterocycles. The number of rotatable bonds is 7. The summed E-state index contributed by atoms with van der Waals surface area (Å²) in [5.41, 5.74) is 4.26. The van der Waals surface area contributed by atoms with Crippen molar-refractivity contribution in [2.75, 3.05) is 6.61 Å². The van der Waals surface area contributed by atoms with E-state index < -0.39 is 0 Å². The fraction of sp³-hybridized carbons (Fsp3) is 0.250. The summed E-state index contributed by atoms with van der Waals surface area (Å²) in [4.78, 5) is 16.0. The van der Waals surface area contributed by atoms with Crippen molar-refractivity contribution in [3.8, 4) is 5.75 Å². The summed E-state index contributed by atoms with van der Waals surface area (Å²) < 4.78 is 7.39. The van der Waals surface area contributed by atoms with Gasteiger partial charge in [0.25, 0.3) is 5.91 Å². The zero-order chi connectivity index (χ0) is 18.4. The Kier molecular flexibility index (Phi) is 5.63. The van der Waals surface area contributed by atoms with Gasteiger partial charge < -0.3 is 10.1 Å². The van der Waals surface area contributed by atoms with Crippen LogP contribution in [-0.4, -0.2) is 27.3 Å². The SMILES string of the molecule is Cc1ccc(C)c(OCC(=O)NCc2cccc(Cn3cncn3)c2)c1. The first-order chi connectivity index (χ1) is 12.6. The number of aromatic nitrogens is 3. The number of hydrogen-bond acceptors (Lipinski definition) is 4. The number of hydrogen-bond donors (Lipinski definition) is 1. The molecule has 0 spiro atoms. The molecule has 1 N–H and O–H groups in total. The Morgan fingerprint density at radius 3 is 2.81 bits per heavy atom. The molecule has 0 saturated heterocycles. The molecule has 0 fully saturated rings. The van der Waals surface area contributed by atoms with Crippen LogP contribution in [0.2, 0.25) is 0 Å². The molecular formula is C20H22N4O2. The molecule has 0 aliphatic rings. The van der Waals surface area contributed by atoms with E-state index in [1.54, 1.807) is 11.0 Å². The van der Waals surface area contributed by atoms with Crippen molar-refractivity contribution >= 4 is 5.91 Å². The van der Waals surface area contributed by atoms with E-state index in [4.69, 9.17) is 4.74 Å². The van der Waals surface area contributed by atoms with Crippen LogP contribution in [0.5, 0.6) is 5.75 Å². The predicted octanol–water partition coefficient (Wildman–Crippen LogP) is 2.64. The van der Waals surface area contributed by atoms with E-state index in [0.29, 0.717) is 13.1 Å². The second-order valence-corrected chi connectivity index (χ2v) is 6.25. The zero-order valence-corrected chi connectivity index (χ0v) is 15.0. The highest BCUT2D eigenvalue weighted by Crippen LogP contribution is 2.18. The van der Waals surface area contributed by atoms with Crippen LogP contribution in [0, 0.1) is 13.8 Å². The number of ether oxygens (including phenoxy) is 1. The van der Waals surface area contributed by atoms with Gasteiger partial charge in [-0.1, -0.05) is 36.4 Å². The fourth-order valence-electron chi connectivity index (χ4n) is 2.60. The molecule has 2 aromatic carbocycles. The lowest BCUT2D eigenvalue weighted by Crippen LogP contribution is -2.28. The van der Waals surface area contributed by atoms with Crippen molar-refractivity contribution in [2.24, 2.45) is 0 Å². The predicted molar refractivity (Wildman–Crippen MR) is 98.8 cm³/mol. The van der Waals surface area contributed by atoms with Crippen LogP contribution in [0.1, 0.15) is 22.3 Å². The number of aryl methyl sites for hydroxylation is 2. The van der Waals surface area contributed by atoms with Gasteiger partial charge in [-0.3, -0.25) is 4.79 Å². The number of carbonyl (C=O) groups is 1. The maximum atomic E-state index is 12.1. The molecule has 6 nitrogen and oxygen atoms in total. The van der Waals surface area contributed by atoms with E-state index in [1.807, 2.05) is 56.3 Å². The highest BCUT2D eigenvalue weighted by atomic mass is 16.5. The van der Waals surface area contributed by atoms with Gasteiger partial charge in [-0.05, 0) is 42.2 Å². The molecule has 0 unspecified atom stereocenters. The van der Waals surface area contributed by atoms with Crippen molar-refractivity contribution in [2.45, 2.75) is 26.9 Å². The molecule has 1 amide bonds. The average Bonchev–Trinajstić information content (AvgIpc) is 3.14. The van der Waals surface area contributed by atoms with Crippen LogP contribution in [0.25, 0.3) is 0 Å².